The van der Waals surface area contributed by atoms with Gasteiger partial charge >= 0.3 is 0 Å². The molecule has 0 aliphatic carbocycles. The highest BCUT2D eigenvalue weighted by atomic mass is 35.5. The lowest BCUT2D eigenvalue weighted by molar-refractivity contribution is -0.139. The van der Waals surface area contributed by atoms with Crippen LogP contribution in [0, 0.1) is 19.8 Å². The second kappa shape index (κ2) is 13.1. The van der Waals surface area contributed by atoms with Crippen molar-refractivity contribution in [2.75, 3.05) is 17.4 Å². The third kappa shape index (κ3) is 8.07. The van der Waals surface area contributed by atoms with Gasteiger partial charge in [0.05, 0.1) is 10.6 Å². The minimum atomic E-state index is -4.14. The lowest BCUT2D eigenvalue weighted by Gasteiger charge is -2.32. The van der Waals surface area contributed by atoms with Crippen molar-refractivity contribution < 1.29 is 18.0 Å². The molecule has 0 radical (unpaired) electrons. The van der Waals surface area contributed by atoms with E-state index < -0.39 is 28.5 Å². The zero-order chi connectivity index (χ0) is 28.7. The van der Waals surface area contributed by atoms with Crippen molar-refractivity contribution in [1.82, 2.24) is 10.2 Å². The Morgan fingerprint density at radius 1 is 0.897 bits per heavy atom. The van der Waals surface area contributed by atoms with E-state index in [4.69, 9.17) is 11.6 Å². The Labute approximate surface area is 236 Å². The van der Waals surface area contributed by atoms with E-state index >= 15 is 0 Å². The Balaban J connectivity index is 2.01. The fourth-order valence-corrected chi connectivity index (χ4v) is 5.63. The summed E-state index contributed by atoms with van der Waals surface area (Å²) in [7, 11) is -4.14. The topological polar surface area (TPSA) is 86.8 Å². The Hall–Kier alpha value is -3.36. The molecule has 39 heavy (non-hydrogen) atoms. The third-order valence-electron chi connectivity index (χ3n) is 6.27. The molecule has 1 N–H and O–H groups in total. The molecule has 3 aromatic carbocycles. The molecule has 0 unspecified atom stereocenters. The van der Waals surface area contributed by atoms with Crippen molar-refractivity contribution in [3.05, 3.63) is 94.5 Å². The Morgan fingerprint density at radius 2 is 1.56 bits per heavy atom. The van der Waals surface area contributed by atoms with Gasteiger partial charge in [-0.2, -0.15) is 0 Å². The first-order valence-corrected chi connectivity index (χ1v) is 14.7. The monoisotopic (exact) mass is 569 g/mol. The molecule has 2 amide bonds. The number of nitrogens with zero attached hydrogens (tertiary/aromatic N) is 2. The first-order valence-electron chi connectivity index (χ1n) is 12.9. The van der Waals surface area contributed by atoms with Crippen LogP contribution in [0.3, 0.4) is 0 Å². The van der Waals surface area contributed by atoms with Gasteiger partial charge < -0.3 is 10.2 Å². The van der Waals surface area contributed by atoms with Crippen molar-refractivity contribution in [2.45, 2.75) is 52.1 Å². The molecule has 208 valence electrons. The summed E-state index contributed by atoms with van der Waals surface area (Å²) in [5.74, 6) is -0.584. The predicted molar refractivity (Wildman–Crippen MR) is 156 cm³/mol. The maximum atomic E-state index is 13.9. The number of rotatable bonds is 11. The van der Waals surface area contributed by atoms with Gasteiger partial charge in [0.25, 0.3) is 10.0 Å². The molecule has 3 rings (SSSR count). The molecule has 7 nitrogen and oxygen atoms in total. The number of carbonyl (C=O) groups excluding carboxylic acids is 2. The number of hydrogen-bond donors (Lipinski definition) is 1. The first kappa shape index (κ1) is 30.2. The van der Waals surface area contributed by atoms with E-state index in [1.54, 1.807) is 37.3 Å². The van der Waals surface area contributed by atoms with Crippen LogP contribution in [-0.4, -0.2) is 44.3 Å². The first-order chi connectivity index (χ1) is 18.4. The van der Waals surface area contributed by atoms with Crippen LogP contribution in [0.1, 0.15) is 37.5 Å². The Kier molecular flexibility index (Phi) is 10.2. The summed E-state index contributed by atoms with van der Waals surface area (Å²) in [6.45, 7) is 9.54. The van der Waals surface area contributed by atoms with Crippen LogP contribution in [0.2, 0.25) is 5.02 Å². The van der Waals surface area contributed by atoms with E-state index in [2.05, 4.69) is 5.32 Å². The predicted octanol–water partition coefficient (Wildman–Crippen LogP) is 5.34. The average Bonchev–Trinajstić information content (AvgIpc) is 2.88. The summed E-state index contributed by atoms with van der Waals surface area (Å²) in [6, 6.07) is 19.6. The number of halogens is 1. The summed E-state index contributed by atoms with van der Waals surface area (Å²) >= 11 is 6.21. The molecule has 9 heteroatoms. The third-order valence-corrected chi connectivity index (χ3v) is 8.29. The summed E-state index contributed by atoms with van der Waals surface area (Å²) in [5.41, 5.74) is 3.01. The molecular formula is C30H36ClN3O4S. The SMILES string of the molecule is Cc1ccc(S(=O)(=O)N(CC(=O)N(Cc2cccc(C)c2)[C@@H](C)C(=O)NCC(C)C)c2cccc(Cl)c2)cc1. The average molecular weight is 570 g/mol. The highest BCUT2D eigenvalue weighted by Gasteiger charge is 2.32. The largest absolute Gasteiger partial charge is 0.354 e. The normalized spacial score (nSPS) is 12.2. The number of anilines is 1. The van der Waals surface area contributed by atoms with Crippen molar-refractivity contribution in [3.63, 3.8) is 0 Å². The smallest absolute Gasteiger partial charge is 0.264 e. The maximum absolute atomic E-state index is 13.9. The number of aryl methyl sites for hydroxylation is 2. The van der Waals surface area contributed by atoms with Gasteiger partial charge in [-0.05, 0) is 62.6 Å². The number of hydrogen-bond acceptors (Lipinski definition) is 4. The van der Waals surface area contributed by atoms with Gasteiger partial charge in [0.2, 0.25) is 11.8 Å². The van der Waals surface area contributed by atoms with Crippen LogP contribution >= 0.6 is 11.6 Å². The van der Waals surface area contributed by atoms with Crippen LogP contribution in [0.25, 0.3) is 0 Å². The number of nitrogens with one attached hydrogen (secondary N) is 1. The maximum Gasteiger partial charge on any atom is 0.264 e. The summed E-state index contributed by atoms with van der Waals surface area (Å²) in [4.78, 5) is 28.4. The zero-order valence-corrected chi connectivity index (χ0v) is 24.6. The fourth-order valence-electron chi connectivity index (χ4n) is 4.04. The van der Waals surface area contributed by atoms with Gasteiger partial charge in [-0.15, -0.1) is 0 Å². The molecule has 0 saturated heterocycles. The Bertz CT molecular complexity index is 1410. The van der Waals surface area contributed by atoms with Gasteiger partial charge in [-0.25, -0.2) is 8.42 Å². The summed E-state index contributed by atoms with van der Waals surface area (Å²) in [6.07, 6.45) is 0. The summed E-state index contributed by atoms with van der Waals surface area (Å²) in [5, 5.41) is 3.22. The lowest BCUT2D eigenvalue weighted by atomic mass is 10.1. The zero-order valence-electron chi connectivity index (χ0n) is 23.0. The minimum Gasteiger partial charge on any atom is -0.354 e. The highest BCUT2D eigenvalue weighted by molar-refractivity contribution is 7.92. The van der Waals surface area contributed by atoms with Crippen LogP contribution in [0.5, 0.6) is 0 Å². The Morgan fingerprint density at radius 3 is 2.18 bits per heavy atom. The van der Waals surface area contributed by atoms with Gasteiger partial charge in [0, 0.05) is 18.1 Å². The van der Waals surface area contributed by atoms with Crippen LogP contribution < -0.4 is 9.62 Å². The molecule has 0 bridgehead atoms. The summed E-state index contributed by atoms with van der Waals surface area (Å²) < 4.78 is 28.7. The molecule has 0 fully saturated rings. The second-order valence-electron chi connectivity index (χ2n) is 10.1. The van der Waals surface area contributed by atoms with E-state index in [0.717, 1.165) is 21.0 Å². The molecule has 0 aromatic heterocycles. The molecule has 0 spiro atoms. The van der Waals surface area contributed by atoms with Gasteiger partial charge in [0.15, 0.2) is 0 Å². The quantitative estimate of drug-likeness (QED) is 0.338. The number of amides is 2. The van der Waals surface area contributed by atoms with E-state index in [1.165, 1.54) is 23.1 Å². The van der Waals surface area contributed by atoms with E-state index in [0.29, 0.717) is 11.6 Å². The van der Waals surface area contributed by atoms with E-state index in [1.807, 2.05) is 52.0 Å². The van der Waals surface area contributed by atoms with Gasteiger partial charge in [-0.3, -0.25) is 13.9 Å². The molecule has 0 aliphatic heterocycles. The van der Waals surface area contributed by atoms with Crippen LogP contribution in [0.4, 0.5) is 5.69 Å². The van der Waals surface area contributed by atoms with Crippen LogP contribution in [0.15, 0.2) is 77.7 Å². The van der Waals surface area contributed by atoms with Gasteiger partial charge in [0.1, 0.15) is 12.6 Å². The fraction of sp³-hybridized carbons (Fsp3) is 0.333. The molecule has 1 atom stereocenters. The lowest BCUT2D eigenvalue weighted by Crippen LogP contribution is -2.51. The molecule has 3 aromatic rings. The minimum absolute atomic E-state index is 0.0498. The highest BCUT2D eigenvalue weighted by Crippen LogP contribution is 2.27. The molecule has 0 aliphatic rings. The van der Waals surface area contributed by atoms with Crippen LogP contribution in [-0.2, 0) is 26.2 Å². The second-order valence-corrected chi connectivity index (χ2v) is 12.4. The number of sulfonamides is 1. The molecule has 0 heterocycles. The van der Waals surface area contributed by atoms with Crippen molar-refractivity contribution in [2.24, 2.45) is 5.92 Å². The van der Waals surface area contributed by atoms with E-state index in [9.17, 15) is 18.0 Å². The number of benzene rings is 3. The van der Waals surface area contributed by atoms with Gasteiger partial charge in [-0.1, -0.05) is 79.0 Å². The standard InChI is InChI=1S/C30H36ClN3O4S/c1-21(2)18-32-30(36)24(5)33(19-25-9-6-8-23(4)16-25)29(35)20-34(27-11-7-10-26(31)17-27)39(37,38)28-14-12-22(3)13-15-28/h6-17,21,24H,18-20H2,1-5H3,(H,32,36)/t24-/m0/s1. The van der Waals surface area contributed by atoms with Crippen molar-refractivity contribution in [1.29, 1.82) is 0 Å². The molecular weight excluding hydrogens is 534 g/mol. The van der Waals surface area contributed by atoms with Crippen molar-refractivity contribution in [3.8, 4) is 0 Å². The van der Waals surface area contributed by atoms with E-state index in [-0.39, 0.29) is 29.0 Å². The molecule has 0 saturated carbocycles. The van der Waals surface area contributed by atoms with Crippen molar-refractivity contribution >= 4 is 39.1 Å². The number of carbonyl (C=O) groups is 2.